The minimum atomic E-state index is -1.08. The Balaban J connectivity index is 1.99. The molecule has 0 spiro atoms. The summed E-state index contributed by atoms with van der Waals surface area (Å²) in [5, 5.41) is 10.7. The van der Waals surface area contributed by atoms with Crippen molar-refractivity contribution < 1.29 is 29.0 Å². The molecule has 6 nitrogen and oxygen atoms in total. The fourth-order valence-corrected chi connectivity index (χ4v) is 6.53. The fraction of sp³-hybridized carbons (Fsp3) is 0.773. The van der Waals surface area contributed by atoms with E-state index in [9.17, 15) is 19.5 Å². The quantitative estimate of drug-likeness (QED) is 0.574. The first-order chi connectivity index (χ1) is 13.1. The highest BCUT2D eigenvalue weighted by atomic mass is 16.5. The minimum Gasteiger partial charge on any atom is -0.469 e. The molecule has 0 aromatic carbocycles. The van der Waals surface area contributed by atoms with Crippen LogP contribution < -0.4 is 0 Å². The molecule has 3 aliphatic carbocycles. The van der Waals surface area contributed by atoms with Crippen LogP contribution in [0.2, 0.25) is 0 Å². The number of Topliss-reactive ketones (excluding diaryl/α,β-unsaturated/α-hetero) is 1. The van der Waals surface area contributed by atoms with Gasteiger partial charge in [0.1, 0.15) is 5.78 Å². The zero-order valence-corrected chi connectivity index (χ0v) is 17.5. The van der Waals surface area contributed by atoms with E-state index in [1.807, 2.05) is 6.92 Å². The molecule has 6 heteroatoms. The Hall–Kier alpha value is -1.69. The van der Waals surface area contributed by atoms with Gasteiger partial charge in [-0.25, -0.2) is 4.79 Å². The number of rotatable bonds is 2. The summed E-state index contributed by atoms with van der Waals surface area (Å²) in [4.78, 5) is 37.7. The number of allylic oxidation sites excluding steroid dienone is 1. The average Bonchev–Trinajstić information content (AvgIpc) is 2.68. The van der Waals surface area contributed by atoms with Gasteiger partial charge < -0.3 is 14.6 Å². The third kappa shape index (κ3) is 2.92. The van der Waals surface area contributed by atoms with Crippen LogP contribution in [0.15, 0.2) is 11.6 Å². The van der Waals surface area contributed by atoms with E-state index in [0.717, 1.165) is 24.8 Å². The van der Waals surface area contributed by atoms with Crippen LogP contribution in [0.1, 0.15) is 52.9 Å². The van der Waals surface area contributed by atoms with E-state index in [1.54, 1.807) is 6.92 Å². The number of esters is 2. The number of fused-ring (bicyclic) bond motifs is 3. The topological polar surface area (TPSA) is 89.9 Å². The first-order valence-corrected chi connectivity index (χ1v) is 10.2. The molecule has 0 radical (unpaired) electrons. The Morgan fingerprint density at radius 1 is 1.18 bits per heavy atom. The smallest absolute Gasteiger partial charge is 0.330 e. The normalized spacial score (nSPS) is 44.4. The predicted molar refractivity (Wildman–Crippen MR) is 102 cm³/mol. The summed E-state index contributed by atoms with van der Waals surface area (Å²) in [7, 11) is 2.69. The highest BCUT2D eigenvalue weighted by molar-refractivity contribution is 5.87. The van der Waals surface area contributed by atoms with Gasteiger partial charge in [-0.05, 0) is 55.8 Å². The molecule has 0 unspecified atom stereocenters. The van der Waals surface area contributed by atoms with Gasteiger partial charge in [0.25, 0.3) is 0 Å². The number of methoxy groups -OCH3 is 2. The van der Waals surface area contributed by atoms with Gasteiger partial charge in [0.15, 0.2) is 0 Å². The van der Waals surface area contributed by atoms with Crippen LogP contribution in [0.5, 0.6) is 0 Å². The van der Waals surface area contributed by atoms with Crippen LogP contribution in [0.25, 0.3) is 0 Å². The van der Waals surface area contributed by atoms with Gasteiger partial charge in [-0.15, -0.1) is 0 Å². The van der Waals surface area contributed by atoms with Crippen molar-refractivity contribution in [3.63, 3.8) is 0 Å². The third-order valence-corrected chi connectivity index (χ3v) is 8.22. The third-order valence-electron chi connectivity index (χ3n) is 8.22. The molecule has 0 aliphatic heterocycles. The van der Waals surface area contributed by atoms with E-state index in [2.05, 4.69) is 6.92 Å². The maximum absolute atomic E-state index is 13.3. The molecular weight excluding hydrogens is 360 g/mol. The molecule has 156 valence electrons. The summed E-state index contributed by atoms with van der Waals surface area (Å²) in [6, 6.07) is 0. The van der Waals surface area contributed by atoms with Crippen molar-refractivity contribution in [2.75, 3.05) is 14.2 Å². The summed E-state index contributed by atoms with van der Waals surface area (Å²) in [6.07, 6.45) is 3.83. The molecule has 0 aromatic heterocycles. The van der Waals surface area contributed by atoms with E-state index in [1.165, 1.54) is 20.3 Å². The van der Waals surface area contributed by atoms with Crippen molar-refractivity contribution in [1.82, 2.24) is 0 Å². The van der Waals surface area contributed by atoms with Crippen molar-refractivity contribution >= 4 is 17.7 Å². The number of ketones is 1. The number of hydrogen-bond acceptors (Lipinski definition) is 6. The van der Waals surface area contributed by atoms with Crippen LogP contribution >= 0.6 is 0 Å². The second kappa shape index (κ2) is 7.29. The SMILES string of the molecule is COC(=O)/C=C1/CC[C@@H]2[C@H](C(=O)C[C@@H]3[C@@]2(C)CC[C@H](O)[C@@]3(C)C(=O)OC)[C@H]1C. The standard InChI is InChI=1S/C22H32O6/c1-12-13(10-18(25)27-4)6-7-14-19(12)15(23)11-16-21(14,2)9-8-17(24)22(16,3)20(26)28-5/h10,12,14,16-17,19,24H,6-9,11H2,1-5H3/b13-10-/t12-,14+,16+,17-,19+,21-,22-/m0/s1. The molecule has 0 saturated heterocycles. The van der Waals surface area contributed by atoms with E-state index < -0.39 is 17.5 Å². The molecule has 3 rings (SSSR count). The first kappa shape index (κ1) is 21.0. The Kier molecular flexibility index (Phi) is 5.47. The van der Waals surface area contributed by atoms with Gasteiger partial charge in [-0.3, -0.25) is 9.59 Å². The Morgan fingerprint density at radius 2 is 1.86 bits per heavy atom. The molecule has 0 aromatic rings. The summed E-state index contributed by atoms with van der Waals surface area (Å²) >= 11 is 0. The lowest BCUT2D eigenvalue weighted by Crippen LogP contribution is -2.63. The number of carbonyl (C=O) groups excluding carboxylic acids is 3. The second-order valence-electron chi connectivity index (χ2n) is 9.26. The molecule has 0 heterocycles. The molecule has 3 fully saturated rings. The number of aliphatic hydroxyl groups is 1. The van der Waals surface area contributed by atoms with E-state index in [-0.39, 0.29) is 47.3 Å². The van der Waals surface area contributed by atoms with Crippen LogP contribution in [0, 0.1) is 34.5 Å². The Bertz CT molecular complexity index is 712. The van der Waals surface area contributed by atoms with Crippen LogP contribution in [-0.2, 0) is 23.9 Å². The lowest BCUT2D eigenvalue weighted by Gasteiger charge is -2.61. The summed E-state index contributed by atoms with van der Waals surface area (Å²) in [5.41, 5.74) is -0.338. The second-order valence-corrected chi connectivity index (χ2v) is 9.26. The van der Waals surface area contributed by atoms with Gasteiger partial charge in [0, 0.05) is 18.4 Å². The lowest BCUT2D eigenvalue weighted by molar-refractivity contribution is -0.197. The van der Waals surface area contributed by atoms with Crippen molar-refractivity contribution in [2.45, 2.75) is 59.0 Å². The largest absolute Gasteiger partial charge is 0.469 e. The van der Waals surface area contributed by atoms with Gasteiger partial charge in [0.05, 0.1) is 25.7 Å². The highest BCUT2D eigenvalue weighted by Crippen LogP contribution is 2.64. The lowest BCUT2D eigenvalue weighted by atomic mass is 9.42. The summed E-state index contributed by atoms with van der Waals surface area (Å²) < 4.78 is 9.82. The van der Waals surface area contributed by atoms with Gasteiger partial charge in [-0.1, -0.05) is 19.4 Å². The van der Waals surface area contributed by atoms with Crippen molar-refractivity contribution in [3.05, 3.63) is 11.6 Å². The van der Waals surface area contributed by atoms with E-state index >= 15 is 0 Å². The van der Waals surface area contributed by atoms with Crippen LogP contribution in [-0.4, -0.2) is 43.2 Å². The predicted octanol–water partition coefficient (Wildman–Crippen LogP) is 2.68. The highest BCUT2D eigenvalue weighted by Gasteiger charge is 2.65. The summed E-state index contributed by atoms with van der Waals surface area (Å²) in [6.45, 7) is 5.95. The molecule has 0 amide bonds. The maximum Gasteiger partial charge on any atom is 0.330 e. The van der Waals surface area contributed by atoms with Gasteiger partial charge in [-0.2, -0.15) is 0 Å². The minimum absolute atomic E-state index is 0.0284. The molecular formula is C22H32O6. The number of carbonyl (C=O) groups is 3. The van der Waals surface area contributed by atoms with Gasteiger partial charge in [0.2, 0.25) is 0 Å². The Labute approximate surface area is 166 Å². The molecule has 0 bridgehead atoms. The van der Waals surface area contributed by atoms with E-state index in [0.29, 0.717) is 6.42 Å². The molecule has 7 atom stereocenters. The molecule has 28 heavy (non-hydrogen) atoms. The van der Waals surface area contributed by atoms with Crippen molar-refractivity contribution in [2.24, 2.45) is 34.5 Å². The van der Waals surface area contributed by atoms with Crippen LogP contribution in [0.4, 0.5) is 0 Å². The number of aliphatic hydroxyl groups excluding tert-OH is 1. The monoisotopic (exact) mass is 392 g/mol. The van der Waals surface area contributed by atoms with Crippen LogP contribution in [0.3, 0.4) is 0 Å². The summed E-state index contributed by atoms with van der Waals surface area (Å²) in [5.74, 6) is -1.01. The first-order valence-electron chi connectivity index (χ1n) is 10.2. The zero-order chi connectivity index (χ0) is 20.9. The van der Waals surface area contributed by atoms with Crippen molar-refractivity contribution in [3.8, 4) is 0 Å². The average molecular weight is 392 g/mol. The Morgan fingerprint density at radius 3 is 2.46 bits per heavy atom. The molecule has 3 saturated carbocycles. The molecule has 1 N–H and O–H groups in total. The number of hydrogen-bond donors (Lipinski definition) is 1. The maximum atomic E-state index is 13.3. The zero-order valence-electron chi connectivity index (χ0n) is 17.5. The fourth-order valence-electron chi connectivity index (χ4n) is 6.53. The van der Waals surface area contributed by atoms with Gasteiger partial charge >= 0.3 is 11.9 Å². The van der Waals surface area contributed by atoms with E-state index in [4.69, 9.17) is 9.47 Å². The molecule has 3 aliphatic rings. The number of ether oxygens (including phenoxy) is 2. The van der Waals surface area contributed by atoms with Crippen molar-refractivity contribution in [1.29, 1.82) is 0 Å².